The molecule has 0 saturated heterocycles. The number of nitrogens with zero attached hydrogens (tertiary/aromatic N) is 1. The molecular formula is C23H25N3O2S. The lowest BCUT2D eigenvalue weighted by atomic mass is 10.0. The van der Waals surface area contributed by atoms with Gasteiger partial charge in [0.05, 0.1) is 18.7 Å². The Bertz CT molecular complexity index is 939. The fourth-order valence-corrected chi connectivity index (χ4v) is 3.76. The number of thiazole rings is 1. The summed E-state index contributed by atoms with van der Waals surface area (Å²) < 4.78 is 0. The summed E-state index contributed by atoms with van der Waals surface area (Å²) in [6, 6.07) is 18.9. The first kappa shape index (κ1) is 20.7. The van der Waals surface area contributed by atoms with E-state index in [1.54, 1.807) is 11.3 Å². The molecular weight excluding hydrogens is 382 g/mol. The lowest BCUT2D eigenvalue weighted by Crippen LogP contribution is -2.49. The average molecular weight is 408 g/mol. The van der Waals surface area contributed by atoms with Crippen molar-refractivity contribution in [3.8, 4) is 10.6 Å². The Kier molecular flexibility index (Phi) is 7.14. The molecule has 3 rings (SSSR count). The second-order valence-electron chi connectivity index (χ2n) is 7.18. The molecule has 0 bridgehead atoms. The van der Waals surface area contributed by atoms with Crippen LogP contribution < -0.4 is 10.6 Å². The Labute approximate surface area is 175 Å². The van der Waals surface area contributed by atoms with Crippen LogP contribution in [0.4, 0.5) is 0 Å². The van der Waals surface area contributed by atoms with Crippen LogP contribution in [-0.4, -0.2) is 22.8 Å². The number of amides is 2. The van der Waals surface area contributed by atoms with Gasteiger partial charge in [-0.25, -0.2) is 4.98 Å². The van der Waals surface area contributed by atoms with Crippen LogP contribution in [0.3, 0.4) is 0 Å². The Hall–Kier alpha value is -2.99. The number of rotatable bonds is 8. The predicted octanol–water partition coefficient (Wildman–Crippen LogP) is 3.81. The van der Waals surface area contributed by atoms with Crippen molar-refractivity contribution < 1.29 is 9.59 Å². The molecule has 2 N–H and O–H groups in total. The van der Waals surface area contributed by atoms with Gasteiger partial charge in [-0.05, 0) is 11.5 Å². The summed E-state index contributed by atoms with van der Waals surface area (Å²) in [5.74, 6) is -0.384. The van der Waals surface area contributed by atoms with Gasteiger partial charge >= 0.3 is 0 Å². The molecule has 0 spiro atoms. The molecule has 150 valence electrons. The van der Waals surface area contributed by atoms with Crippen LogP contribution in [0.2, 0.25) is 0 Å². The highest BCUT2D eigenvalue weighted by atomic mass is 32.1. The summed E-state index contributed by atoms with van der Waals surface area (Å²) in [5, 5.41) is 8.64. The lowest BCUT2D eigenvalue weighted by molar-refractivity contribution is -0.129. The molecule has 1 atom stereocenters. The molecule has 0 aliphatic carbocycles. The first-order valence-electron chi connectivity index (χ1n) is 9.63. The van der Waals surface area contributed by atoms with Crippen LogP contribution in [0, 0.1) is 5.92 Å². The maximum absolute atomic E-state index is 12.7. The van der Waals surface area contributed by atoms with Gasteiger partial charge in [0.1, 0.15) is 11.0 Å². The van der Waals surface area contributed by atoms with E-state index in [-0.39, 0.29) is 24.2 Å². The number of carbonyl (C=O) groups is 2. The first-order valence-corrected chi connectivity index (χ1v) is 10.5. The zero-order chi connectivity index (χ0) is 20.6. The van der Waals surface area contributed by atoms with Gasteiger partial charge in [-0.15, -0.1) is 11.3 Å². The minimum Gasteiger partial charge on any atom is -0.349 e. The standard InChI is InChI=1S/C23H25N3O2S/c1-16(2)21(26-20(27)13-17-9-5-3-6-10-17)22(28)24-14-19-15-29-23(25-19)18-11-7-4-8-12-18/h3-12,15-16,21H,13-14H2,1-2H3,(H,24,28)(H,26,27). The molecule has 0 saturated carbocycles. The molecule has 1 heterocycles. The molecule has 0 aliphatic rings. The van der Waals surface area contributed by atoms with Crippen molar-refractivity contribution in [3.63, 3.8) is 0 Å². The molecule has 0 fully saturated rings. The highest BCUT2D eigenvalue weighted by Crippen LogP contribution is 2.23. The van der Waals surface area contributed by atoms with Crippen LogP contribution in [0.5, 0.6) is 0 Å². The minimum atomic E-state index is -0.585. The van der Waals surface area contributed by atoms with E-state index in [1.807, 2.05) is 79.9 Å². The van der Waals surface area contributed by atoms with Gasteiger partial charge < -0.3 is 10.6 Å². The molecule has 1 unspecified atom stereocenters. The third kappa shape index (κ3) is 5.99. The van der Waals surface area contributed by atoms with Crippen LogP contribution in [0.1, 0.15) is 25.1 Å². The zero-order valence-corrected chi connectivity index (χ0v) is 17.4. The van der Waals surface area contributed by atoms with E-state index < -0.39 is 6.04 Å². The second kappa shape index (κ2) is 9.98. The molecule has 1 aromatic heterocycles. The second-order valence-corrected chi connectivity index (χ2v) is 8.04. The monoisotopic (exact) mass is 407 g/mol. The van der Waals surface area contributed by atoms with Gasteiger partial charge in [0, 0.05) is 10.9 Å². The van der Waals surface area contributed by atoms with E-state index in [0.29, 0.717) is 6.54 Å². The van der Waals surface area contributed by atoms with Gasteiger partial charge in [0.15, 0.2) is 0 Å². The lowest BCUT2D eigenvalue weighted by Gasteiger charge is -2.21. The zero-order valence-electron chi connectivity index (χ0n) is 16.6. The van der Waals surface area contributed by atoms with Gasteiger partial charge in [-0.3, -0.25) is 9.59 Å². The highest BCUT2D eigenvalue weighted by Gasteiger charge is 2.24. The van der Waals surface area contributed by atoms with E-state index in [2.05, 4.69) is 15.6 Å². The smallest absolute Gasteiger partial charge is 0.243 e. The van der Waals surface area contributed by atoms with Gasteiger partial charge in [-0.1, -0.05) is 74.5 Å². The average Bonchev–Trinajstić information content (AvgIpc) is 3.20. The minimum absolute atomic E-state index is 0.0231. The third-order valence-corrected chi connectivity index (χ3v) is 5.43. The first-order chi connectivity index (χ1) is 14.0. The maximum Gasteiger partial charge on any atom is 0.243 e. The number of hydrogen-bond acceptors (Lipinski definition) is 4. The number of carbonyl (C=O) groups excluding carboxylic acids is 2. The Morgan fingerprint density at radius 1 is 1.00 bits per heavy atom. The summed E-state index contributed by atoms with van der Waals surface area (Å²) in [4.78, 5) is 29.6. The Morgan fingerprint density at radius 3 is 2.31 bits per heavy atom. The van der Waals surface area contributed by atoms with Crippen molar-refractivity contribution in [2.45, 2.75) is 32.9 Å². The Balaban J connectivity index is 1.56. The van der Waals surface area contributed by atoms with Crippen molar-refractivity contribution in [3.05, 3.63) is 77.3 Å². The number of hydrogen-bond donors (Lipinski definition) is 2. The molecule has 29 heavy (non-hydrogen) atoms. The highest BCUT2D eigenvalue weighted by molar-refractivity contribution is 7.13. The molecule has 0 aliphatic heterocycles. The quantitative estimate of drug-likeness (QED) is 0.596. The maximum atomic E-state index is 12.7. The van der Waals surface area contributed by atoms with E-state index in [0.717, 1.165) is 21.8 Å². The van der Waals surface area contributed by atoms with Crippen molar-refractivity contribution in [1.29, 1.82) is 0 Å². The summed E-state index contributed by atoms with van der Waals surface area (Å²) in [6.45, 7) is 4.17. The normalized spacial score (nSPS) is 11.8. The van der Waals surface area contributed by atoms with Crippen molar-refractivity contribution in [2.75, 3.05) is 0 Å². The fourth-order valence-electron chi connectivity index (χ4n) is 2.93. The van der Waals surface area contributed by atoms with Crippen LogP contribution in [0.15, 0.2) is 66.0 Å². The summed E-state index contributed by atoms with van der Waals surface area (Å²) >= 11 is 1.55. The van der Waals surface area contributed by atoms with Gasteiger partial charge in [-0.2, -0.15) is 0 Å². The fraction of sp³-hybridized carbons (Fsp3) is 0.261. The largest absolute Gasteiger partial charge is 0.349 e. The van der Waals surface area contributed by atoms with Crippen molar-refractivity contribution in [1.82, 2.24) is 15.6 Å². The van der Waals surface area contributed by atoms with Crippen molar-refractivity contribution >= 4 is 23.2 Å². The summed E-state index contributed by atoms with van der Waals surface area (Å²) in [7, 11) is 0. The molecule has 3 aromatic rings. The number of aromatic nitrogens is 1. The van der Waals surface area contributed by atoms with E-state index in [4.69, 9.17) is 0 Å². The Morgan fingerprint density at radius 2 is 1.66 bits per heavy atom. The van der Waals surface area contributed by atoms with Crippen LogP contribution in [-0.2, 0) is 22.6 Å². The molecule has 5 nitrogen and oxygen atoms in total. The summed E-state index contributed by atoms with van der Waals surface area (Å²) in [6.07, 6.45) is 0.254. The number of nitrogens with one attached hydrogen (secondary N) is 2. The van der Waals surface area contributed by atoms with E-state index in [1.165, 1.54) is 0 Å². The predicted molar refractivity (Wildman–Crippen MR) is 116 cm³/mol. The van der Waals surface area contributed by atoms with Crippen molar-refractivity contribution in [2.24, 2.45) is 5.92 Å². The van der Waals surface area contributed by atoms with Crippen LogP contribution >= 0.6 is 11.3 Å². The molecule has 2 amide bonds. The number of benzene rings is 2. The molecule has 2 aromatic carbocycles. The third-order valence-electron chi connectivity index (χ3n) is 4.49. The van der Waals surface area contributed by atoms with Gasteiger partial charge in [0.2, 0.25) is 11.8 Å². The summed E-state index contributed by atoms with van der Waals surface area (Å²) in [5.41, 5.74) is 2.78. The van der Waals surface area contributed by atoms with Crippen LogP contribution in [0.25, 0.3) is 10.6 Å². The topological polar surface area (TPSA) is 71.1 Å². The van der Waals surface area contributed by atoms with E-state index in [9.17, 15) is 9.59 Å². The van der Waals surface area contributed by atoms with Gasteiger partial charge in [0.25, 0.3) is 0 Å². The SMILES string of the molecule is CC(C)C(NC(=O)Cc1ccccc1)C(=O)NCc1csc(-c2ccccc2)n1. The molecule has 0 radical (unpaired) electrons. The van der Waals surface area contributed by atoms with E-state index >= 15 is 0 Å². The molecule has 6 heteroatoms.